The monoisotopic (exact) mass is 346 g/mol. The maximum absolute atomic E-state index is 12.2. The molecule has 7 N–H and O–H groups in total. The zero-order valence-electron chi connectivity index (χ0n) is 14.0. The molecular weight excluding hydrogens is 320 g/mol. The Morgan fingerprint density at radius 3 is 2.04 bits per heavy atom. The van der Waals surface area contributed by atoms with E-state index < -0.39 is 48.4 Å². The second-order valence-corrected chi connectivity index (χ2v) is 5.48. The molecule has 0 spiro atoms. The number of carboxylic acids is 1. The number of aliphatic hydroxyl groups excluding tert-OH is 1. The van der Waals surface area contributed by atoms with Crippen LogP contribution in [0, 0.1) is 5.92 Å². The van der Waals surface area contributed by atoms with Gasteiger partial charge in [0.25, 0.3) is 0 Å². The molecule has 0 aromatic rings. The van der Waals surface area contributed by atoms with Gasteiger partial charge in [0, 0.05) is 0 Å². The summed E-state index contributed by atoms with van der Waals surface area (Å²) < 4.78 is 0. The average Bonchev–Trinajstić information content (AvgIpc) is 2.53. The lowest BCUT2D eigenvalue weighted by Gasteiger charge is -2.25. The molecule has 0 fully saturated rings. The van der Waals surface area contributed by atoms with Crippen molar-refractivity contribution >= 4 is 23.7 Å². The minimum absolute atomic E-state index is 0.289. The molecule has 10 nitrogen and oxygen atoms in total. The van der Waals surface area contributed by atoms with Crippen LogP contribution in [0.4, 0.5) is 0 Å². The number of nitrogens with two attached hydrogens (primary N) is 1. The third-order valence-electron chi connectivity index (χ3n) is 3.49. The Bertz CT molecular complexity index is 468. The average molecular weight is 346 g/mol. The lowest BCUT2D eigenvalue weighted by Crippen LogP contribution is -2.58. The molecule has 10 heteroatoms. The Balaban J connectivity index is 4.85. The summed E-state index contributed by atoms with van der Waals surface area (Å²) in [5.74, 6) is -3.63. The van der Waals surface area contributed by atoms with Crippen molar-refractivity contribution in [3.05, 3.63) is 0 Å². The first-order valence-corrected chi connectivity index (χ1v) is 7.61. The number of carbonyl (C=O) groups is 4. The minimum Gasteiger partial charge on any atom is -0.480 e. The van der Waals surface area contributed by atoms with Crippen LogP contribution in [0.15, 0.2) is 0 Å². The molecular formula is C14H26N4O6. The molecule has 0 saturated heterocycles. The fourth-order valence-electron chi connectivity index (χ4n) is 1.81. The van der Waals surface area contributed by atoms with Gasteiger partial charge in [-0.1, -0.05) is 20.3 Å². The lowest BCUT2D eigenvalue weighted by atomic mass is 9.98. The summed E-state index contributed by atoms with van der Waals surface area (Å²) in [6, 6.07) is -2.49. The molecule has 4 unspecified atom stereocenters. The summed E-state index contributed by atoms with van der Waals surface area (Å²) in [4.78, 5) is 46.1. The van der Waals surface area contributed by atoms with Gasteiger partial charge in [0.1, 0.15) is 12.1 Å². The van der Waals surface area contributed by atoms with E-state index in [2.05, 4.69) is 16.0 Å². The van der Waals surface area contributed by atoms with Crippen LogP contribution >= 0.6 is 0 Å². The topological polar surface area (TPSA) is 171 Å². The van der Waals surface area contributed by atoms with Crippen LogP contribution in [0.5, 0.6) is 0 Å². The summed E-state index contributed by atoms with van der Waals surface area (Å²) >= 11 is 0. The molecule has 24 heavy (non-hydrogen) atoms. The highest BCUT2D eigenvalue weighted by Crippen LogP contribution is 2.08. The molecule has 0 aromatic heterocycles. The van der Waals surface area contributed by atoms with Crippen LogP contribution in [-0.4, -0.2) is 65.2 Å². The van der Waals surface area contributed by atoms with Crippen molar-refractivity contribution in [2.45, 2.75) is 45.4 Å². The van der Waals surface area contributed by atoms with Crippen molar-refractivity contribution in [1.82, 2.24) is 16.0 Å². The van der Waals surface area contributed by atoms with E-state index in [4.69, 9.17) is 5.73 Å². The summed E-state index contributed by atoms with van der Waals surface area (Å²) in [5, 5.41) is 25.6. The Labute approximate surface area is 140 Å². The normalized spacial score (nSPS) is 15.5. The van der Waals surface area contributed by atoms with Crippen molar-refractivity contribution in [2.24, 2.45) is 11.7 Å². The van der Waals surface area contributed by atoms with Crippen LogP contribution < -0.4 is 21.7 Å². The molecule has 3 amide bonds. The highest BCUT2D eigenvalue weighted by atomic mass is 16.4. The number of nitrogens with one attached hydrogen (secondary N) is 3. The quantitative estimate of drug-likeness (QED) is 0.255. The van der Waals surface area contributed by atoms with E-state index in [1.54, 1.807) is 13.8 Å². The van der Waals surface area contributed by atoms with Crippen molar-refractivity contribution in [2.75, 3.05) is 13.1 Å². The first kappa shape index (κ1) is 21.8. The number of rotatable bonds is 10. The Kier molecular flexibility index (Phi) is 9.58. The largest absolute Gasteiger partial charge is 0.480 e. The minimum atomic E-state index is -1.35. The predicted molar refractivity (Wildman–Crippen MR) is 84.7 cm³/mol. The Morgan fingerprint density at radius 2 is 1.62 bits per heavy atom. The van der Waals surface area contributed by atoms with Gasteiger partial charge in [-0.15, -0.1) is 0 Å². The highest BCUT2D eigenvalue weighted by molar-refractivity contribution is 5.92. The van der Waals surface area contributed by atoms with Gasteiger partial charge in [-0.05, 0) is 12.8 Å². The van der Waals surface area contributed by atoms with Crippen LogP contribution in [-0.2, 0) is 19.2 Å². The van der Waals surface area contributed by atoms with Crippen molar-refractivity contribution in [1.29, 1.82) is 0 Å². The number of carbonyl (C=O) groups excluding carboxylic acids is 3. The molecule has 0 aliphatic carbocycles. The second-order valence-electron chi connectivity index (χ2n) is 5.48. The zero-order valence-corrected chi connectivity index (χ0v) is 14.0. The fraction of sp³-hybridized carbons (Fsp3) is 0.714. The van der Waals surface area contributed by atoms with E-state index in [-0.39, 0.29) is 12.5 Å². The van der Waals surface area contributed by atoms with Gasteiger partial charge in [-0.25, -0.2) is 4.79 Å². The summed E-state index contributed by atoms with van der Waals surface area (Å²) in [6.45, 7) is 4.02. The molecule has 0 radical (unpaired) electrons. The van der Waals surface area contributed by atoms with Gasteiger partial charge < -0.3 is 31.9 Å². The van der Waals surface area contributed by atoms with E-state index in [9.17, 15) is 29.4 Å². The van der Waals surface area contributed by atoms with Crippen LogP contribution in [0.25, 0.3) is 0 Å². The maximum Gasteiger partial charge on any atom is 0.326 e. The van der Waals surface area contributed by atoms with Gasteiger partial charge in [0.15, 0.2) is 0 Å². The molecule has 0 saturated carbocycles. The van der Waals surface area contributed by atoms with E-state index in [1.165, 1.54) is 6.92 Å². The van der Waals surface area contributed by atoms with Gasteiger partial charge in [-0.3, -0.25) is 14.4 Å². The number of amides is 3. The third kappa shape index (κ3) is 7.38. The molecule has 138 valence electrons. The SMILES string of the molecule is CCC(C)C(NC(=O)C(NC(=O)CNC(=O)CN)C(C)O)C(=O)O. The Hall–Kier alpha value is -2.20. The molecule has 0 bridgehead atoms. The molecule has 0 aromatic carbocycles. The smallest absolute Gasteiger partial charge is 0.326 e. The van der Waals surface area contributed by atoms with Gasteiger partial charge in [0.05, 0.1) is 19.2 Å². The standard InChI is InChI=1S/C14H26N4O6/c1-4-7(2)11(14(23)24)18-13(22)12(8(3)19)17-10(21)6-16-9(20)5-15/h7-8,11-12,19H,4-6,15H2,1-3H3,(H,16,20)(H,17,21)(H,18,22)(H,23,24). The first-order valence-electron chi connectivity index (χ1n) is 7.61. The molecule has 4 atom stereocenters. The van der Waals surface area contributed by atoms with Crippen molar-refractivity contribution < 1.29 is 29.4 Å². The molecule has 0 aliphatic rings. The van der Waals surface area contributed by atoms with Gasteiger partial charge in [0.2, 0.25) is 17.7 Å². The van der Waals surface area contributed by atoms with E-state index in [1.807, 2.05) is 0 Å². The summed E-state index contributed by atoms with van der Waals surface area (Å²) in [5.41, 5.74) is 5.08. The third-order valence-corrected chi connectivity index (χ3v) is 3.49. The maximum atomic E-state index is 12.2. The fourth-order valence-corrected chi connectivity index (χ4v) is 1.81. The van der Waals surface area contributed by atoms with Crippen LogP contribution in [0.2, 0.25) is 0 Å². The van der Waals surface area contributed by atoms with E-state index in [0.29, 0.717) is 6.42 Å². The highest BCUT2D eigenvalue weighted by Gasteiger charge is 2.31. The van der Waals surface area contributed by atoms with E-state index >= 15 is 0 Å². The summed E-state index contributed by atoms with van der Waals surface area (Å²) in [6.07, 6.45) is -0.737. The first-order chi connectivity index (χ1) is 11.1. The van der Waals surface area contributed by atoms with Crippen molar-refractivity contribution in [3.8, 4) is 0 Å². The molecule has 0 rings (SSSR count). The Morgan fingerprint density at radius 1 is 1.04 bits per heavy atom. The van der Waals surface area contributed by atoms with Crippen LogP contribution in [0.1, 0.15) is 27.2 Å². The van der Waals surface area contributed by atoms with E-state index in [0.717, 1.165) is 0 Å². The number of carboxylic acid groups (broad SMARTS) is 1. The number of hydrogen-bond acceptors (Lipinski definition) is 6. The van der Waals surface area contributed by atoms with Crippen LogP contribution in [0.3, 0.4) is 0 Å². The lowest BCUT2D eigenvalue weighted by molar-refractivity contribution is -0.144. The van der Waals surface area contributed by atoms with Gasteiger partial charge in [-0.2, -0.15) is 0 Å². The second kappa shape index (κ2) is 10.6. The number of aliphatic carboxylic acids is 1. The molecule has 0 heterocycles. The zero-order chi connectivity index (χ0) is 18.9. The van der Waals surface area contributed by atoms with Crippen molar-refractivity contribution in [3.63, 3.8) is 0 Å². The molecule has 0 aliphatic heterocycles. The number of aliphatic hydroxyl groups is 1. The predicted octanol–water partition coefficient (Wildman–Crippen LogP) is -2.46. The summed E-state index contributed by atoms with van der Waals surface area (Å²) in [7, 11) is 0. The number of hydrogen-bond donors (Lipinski definition) is 6. The van der Waals surface area contributed by atoms with Gasteiger partial charge >= 0.3 is 5.97 Å².